The number of aliphatic hydroxyl groups is 5. The molecule has 1 aromatic rings. The molecule has 7 N–H and O–H groups in total. The molecule has 0 amide bonds. The van der Waals surface area contributed by atoms with Crippen LogP contribution >= 0.6 is 0 Å². The Hall–Kier alpha value is -2.49. The van der Waals surface area contributed by atoms with Gasteiger partial charge < -0.3 is 59.4 Å². The zero-order chi connectivity index (χ0) is 25.1. The molecule has 192 valence electrons. The van der Waals surface area contributed by atoms with Crippen LogP contribution in [0.25, 0.3) is 0 Å². The van der Waals surface area contributed by atoms with Crippen LogP contribution in [0.2, 0.25) is 0 Å². The molecule has 5 rings (SSSR count). The van der Waals surface area contributed by atoms with Crippen LogP contribution in [0.15, 0.2) is 30.5 Å². The average molecular weight is 498 g/mol. The lowest BCUT2D eigenvalue weighted by atomic mass is 9.85. The molecule has 0 radical (unpaired) electrons. The molecule has 13 nitrogen and oxygen atoms in total. The highest BCUT2D eigenvalue weighted by molar-refractivity contribution is 5.90. The molecule has 1 saturated carbocycles. The Morgan fingerprint density at radius 3 is 2.49 bits per heavy atom. The van der Waals surface area contributed by atoms with Gasteiger partial charge in [0.25, 0.3) is 0 Å². The summed E-state index contributed by atoms with van der Waals surface area (Å²) < 4.78 is 28.1. The number of carbonyl (C=O) groups excluding carboxylic acids is 1. The first-order chi connectivity index (χ1) is 16.7. The molecular formula is C22H26O13. The second-order valence-electron chi connectivity index (χ2n) is 8.99. The Labute approximate surface area is 198 Å². The number of aliphatic hydroxyl groups excluding tert-OH is 5. The zero-order valence-corrected chi connectivity index (χ0v) is 18.2. The predicted molar refractivity (Wildman–Crippen MR) is 110 cm³/mol. The number of aromatic hydroxyl groups is 2. The van der Waals surface area contributed by atoms with Crippen LogP contribution in [0.5, 0.6) is 11.5 Å². The second kappa shape index (κ2) is 8.87. The molecular weight excluding hydrogens is 472 g/mol. The van der Waals surface area contributed by atoms with E-state index in [0.29, 0.717) is 0 Å². The largest absolute Gasteiger partial charge is 0.504 e. The molecule has 3 aliphatic heterocycles. The highest BCUT2D eigenvalue weighted by atomic mass is 16.8. The smallest absolute Gasteiger partial charge is 0.338 e. The summed E-state index contributed by atoms with van der Waals surface area (Å²) in [5.74, 6) is -2.94. The molecule has 13 heteroatoms. The molecule has 2 saturated heterocycles. The van der Waals surface area contributed by atoms with E-state index < -0.39 is 97.3 Å². The number of phenols is 2. The van der Waals surface area contributed by atoms with E-state index in [0.717, 1.165) is 12.1 Å². The van der Waals surface area contributed by atoms with Crippen molar-refractivity contribution in [3.8, 4) is 11.5 Å². The van der Waals surface area contributed by atoms with Crippen LogP contribution in [0.4, 0.5) is 0 Å². The van der Waals surface area contributed by atoms with E-state index in [-0.39, 0.29) is 5.56 Å². The zero-order valence-electron chi connectivity index (χ0n) is 18.2. The Morgan fingerprint density at radius 1 is 1.03 bits per heavy atom. The molecule has 11 atom stereocenters. The first-order valence-electron chi connectivity index (χ1n) is 11.0. The van der Waals surface area contributed by atoms with E-state index >= 15 is 0 Å². The molecule has 1 aliphatic carbocycles. The second-order valence-corrected chi connectivity index (χ2v) is 8.99. The third-order valence-electron chi connectivity index (χ3n) is 7.05. The summed E-state index contributed by atoms with van der Waals surface area (Å²) in [5.41, 5.74) is -1.19. The van der Waals surface area contributed by atoms with Gasteiger partial charge in [0.05, 0.1) is 31.0 Å². The molecule has 1 unspecified atom stereocenters. The van der Waals surface area contributed by atoms with Crippen molar-refractivity contribution >= 4 is 5.97 Å². The number of esters is 1. The van der Waals surface area contributed by atoms with Crippen molar-refractivity contribution in [1.29, 1.82) is 0 Å². The lowest BCUT2D eigenvalue weighted by molar-refractivity contribution is -0.344. The van der Waals surface area contributed by atoms with Crippen molar-refractivity contribution in [2.75, 3.05) is 13.2 Å². The fraction of sp³-hybridized carbons (Fsp3) is 0.591. The summed E-state index contributed by atoms with van der Waals surface area (Å²) in [4.78, 5) is 12.7. The van der Waals surface area contributed by atoms with Crippen LogP contribution in [0.1, 0.15) is 10.4 Å². The predicted octanol–water partition coefficient (Wildman–Crippen LogP) is -2.31. The van der Waals surface area contributed by atoms with E-state index in [1.54, 1.807) is 6.08 Å². The summed E-state index contributed by atoms with van der Waals surface area (Å²) in [5, 5.41) is 69.0. The Bertz CT molecular complexity index is 998. The van der Waals surface area contributed by atoms with E-state index in [9.17, 15) is 40.5 Å². The number of fused-ring (bicyclic) bond motifs is 3. The highest BCUT2D eigenvalue weighted by Crippen LogP contribution is 2.60. The summed E-state index contributed by atoms with van der Waals surface area (Å²) >= 11 is 0. The molecule has 0 bridgehead atoms. The minimum absolute atomic E-state index is 0.0100. The lowest BCUT2D eigenvalue weighted by Gasteiger charge is -2.43. The van der Waals surface area contributed by atoms with Crippen molar-refractivity contribution in [3.05, 3.63) is 36.1 Å². The van der Waals surface area contributed by atoms with Crippen LogP contribution in [0, 0.1) is 11.8 Å². The number of ether oxygens (including phenoxy) is 5. The maximum atomic E-state index is 12.7. The van der Waals surface area contributed by atoms with Gasteiger partial charge in [0.1, 0.15) is 42.2 Å². The molecule has 1 aromatic carbocycles. The van der Waals surface area contributed by atoms with Crippen molar-refractivity contribution in [1.82, 2.24) is 0 Å². The molecule has 3 heterocycles. The summed E-state index contributed by atoms with van der Waals surface area (Å²) in [6, 6.07) is 3.48. The third-order valence-corrected chi connectivity index (χ3v) is 7.05. The van der Waals surface area contributed by atoms with Crippen LogP contribution < -0.4 is 0 Å². The Kier molecular flexibility index (Phi) is 6.14. The third kappa shape index (κ3) is 3.84. The number of hydrogen-bond acceptors (Lipinski definition) is 13. The molecule has 0 spiro atoms. The normalized spacial score (nSPS) is 43.7. The van der Waals surface area contributed by atoms with Crippen molar-refractivity contribution in [2.24, 2.45) is 11.8 Å². The summed E-state index contributed by atoms with van der Waals surface area (Å²) in [6.07, 6.45) is -7.39. The van der Waals surface area contributed by atoms with Gasteiger partial charge in [-0.1, -0.05) is 0 Å². The van der Waals surface area contributed by atoms with E-state index in [4.69, 9.17) is 23.7 Å². The van der Waals surface area contributed by atoms with E-state index in [2.05, 4.69) is 0 Å². The average Bonchev–Trinajstić information content (AvgIpc) is 3.53. The van der Waals surface area contributed by atoms with Gasteiger partial charge in [-0.05, 0) is 24.3 Å². The maximum absolute atomic E-state index is 12.7. The van der Waals surface area contributed by atoms with Gasteiger partial charge in [-0.15, -0.1) is 0 Å². The minimum atomic E-state index is -1.67. The fourth-order valence-electron chi connectivity index (χ4n) is 5.13. The van der Waals surface area contributed by atoms with Gasteiger partial charge in [-0.25, -0.2) is 4.79 Å². The van der Waals surface area contributed by atoms with E-state index in [1.165, 1.54) is 12.3 Å². The summed E-state index contributed by atoms with van der Waals surface area (Å²) in [7, 11) is 0. The molecule has 3 fully saturated rings. The first-order valence-corrected chi connectivity index (χ1v) is 11.0. The van der Waals surface area contributed by atoms with Gasteiger partial charge in [-0.3, -0.25) is 0 Å². The number of rotatable bonds is 6. The van der Waals surface area contributed by atoms with Crippen LogP contribution in [0.3, 0.4) is 0 Å². The van der Waals surface area contributed by atoms with Gasteiger partial charge in [0.2, 0.25) is 6.29 Å². The number of hydrogen-bond donors (Lipinski definition) is 7. The number of carbonyl (C=O) groups is 1. The van der Waals surface area contributed by atoms with Crippen molar-refractivity contribution < 1.29 is 64.2 Å². The van der Waals surface area contributed by atoms with Gasteiger partial charge >= 0.3 is 5.97 Å². The Morgan fingerprint density at radius 2 is 1.80 bits per heavy atom. The SMILES string of the molecule is O=C(O[C@@H]1C2O[C@]2(CO)[C@H]2[C@H](O[C@@H]3O[C@H](CO)[C@@H](O)[C@H](O)[C@H]3O)OC=C[C@H]21)c1ccc(O)c(O)c1. The monoisotopic (exact) mass is 498 g/mol. The van der Waals surface area contributed by atoms with Crippen LogP contribution in [-0.4, -0.2) is 110 Å². The number of epoxide rings is 1. The maximum Gasteiger partial charge on any atom is 0.338 e. The summed E-state index contributed by atoms with van der Waals surface area (Å²) in [6.45, 7) is -1.10. The van der Waals surface area contributed by atoms with Gasteiger partial charge in [0.15, 0.2) is 17.8 Å². The minimum Gasteiger partial charge on any atom is -0.504 e. The number of phenolic OH excluding ortho intramolecular Hbond substituents is 2. The number of benzene rings is 1. The standard InChI is InChI=1S/C22H26O13/c23-6-12-14(27)15(28)16(29)21(32-12)34-20-13-9(3-4-31-20)17(18-22(13,7-24)35-18)33-19(30)8-1-2-10(25)11(26)5-8/h1-5,9,12-18,20-21,23-29H,6-7H2/t9-,12-,13-,14-,15+,16-,17+,18?,20+,21+,22-/m1/s1. The van der Waals surface area contributed by atoms with Crippen molar-refractivity contribution in [3.63, 3.8) is 0 Å². The van der Waals surface area contributed by atoms with Crippen molar-refractivity contribution in [2.45, 2.75) is 54.8 Å². The quantitative estimate of drug-likeness (QED) is 0.125. The lowest BCUT2D eigenvalue weighted by Crippen LogP contribution is -2.60. The fourth-order valence-corrected chi connectivity index (χ4v) is 5.13. The molecule has 35 heavy (non-hydrogen) atoms. The van der Waals surface area contributed by atoms with Crippen LogP contribution in [-0.2, 0) is 23.7 Å². The van der Waals surface area contributed by atoms with E-state index in [1.807, 2.05) is 0 Å². The first kappa shape index (κ1) is 24.2. The molecule has 4 aliphatic rings. The topological polar surface area (TPSA) is 208 Å². The highest BCUT2D eigenvalue weighted by Gasteiger charge is 2.77. The Balaban J connectivity index is 1.35. The molecule has 0 aromatic heterocycles. The van der Waals surface area contributed by atoms with Gasteiger partial charge in [0, 0.05) is 5.92 Å². The van der Waals surface area contributed by atoms with Gasteiger partial charge in [-0.2, -0.15) is 0 Å².